The maximum absolute atomic E-state index is 12.3. The summed E-state index contributed by atoms with van der Waals surface area (Å²) in [5, 5.41) is 2.75. The van der Waals surface area contributed by atoms with Crippen LogP contribution in [-0.2, 0) is 6.54 Å². The van der Waals surface area contributed by atoms with E-state index in [9.17, 15) is 9.59 Å². The molecule has 0 unspecified atom stereocenters. The molecule has 2 aromatic heterocycles. The van der Waals surface area contributed by atoms with Crippen molar-refractivity contribution in [2.24, 2.45) is 0 Å². The van der Waals surface area contributed by atoms with Gasteiger partial charge in [-0.1, -0.05) is 12.1 Å². The van der Waals surface area contributed by atoms with E-state index in [2.05, 4.69) is 10.3 Å². The molecule has 0 aliphatic carbocycles. The van der Waals surface area contributed by atoms with Crippen LogP contribution in [0.1, 0.15) is 29.8 Å². The third kappa shape index (κ3) is 4.22. The molecule has 0 saturated heterocycles. The van der Waals surface area contributed by atoms with Crippen molar-refractivity contribution in [1.29, 1.82) is 0 Å². The first-order valence-corrected chi connectivity index (χ1v) is 8.34. The summed E-state index contributed by atoms with van der Waals surface area (Å²) in [4.78, 5) is 27.1. The number of nitrogens with one attached hydrogen (secondary N) is 2. The summed E-state index contributed by atoms with van der Waals surface area (Å²) >= 11 is 0. The lowest BCUT2D eigenvalue weighted by Crippen LogP contribution is -2.29. The number of furan rings is 1. The normalized spacial score (nSPS) is 10.7. The number of ether oxygens (including phenoxy) is 1. The average Bonchev–Trinajstić information content (AvgIpc) is 3.15. The molecular formula is C20H20N2O4. The van der Waals surface area contributed by atoms with Crippen molar-refractivity contribution in [2.75, 3.05) is 0 Å². The fourth-order valence-corrected chi connectivity index (χ4v) is 2.46. The molecule has 6 nitrogen and oxygen atoms in total. The van der Waals surface area contributed by atoms with E-state index in [1.807, 2.05) is 38.1 Å². The SMILES string of the molecule is CC(C)Oc1ccc(CNC(=O)c2ccc(-c3ccco3)[nH]c2=O)cc1. The van der Waals surface area contributed by atoms with Gasteiger partial charge >= 0.3 is 0 Å². The van der Waals surface area contributed by atoms with Crippen molar-refractivity contribution in [3.8, 4) is 17.2 Å². The smallest absolute Gasteiger partial charge is 0.261 e. The highest BCUT2D eigenvalue weighted by molar-refractivity contribution is 5.93. The Kier molecular flexibility index (Phi) is 5.22. The molecule has 0 radical (unpaired) electrons. The minimum absolute atomic E-state index is 0.0556. The molecule has 2 N–H and O–H groups in total. The summed E-state index contributed by atoms with van der Waals surface area (Å²) in [7, 11) is 0. The zero-order valence-electron chi connectivity index (χ0n) is 14.6. The Hall–Kier alpha value is -3.28. The van der Waals surface area contributed by atoms with Crippen molar-refractivity contribution in [3.05, 3.63) is 76.3 Å². The van der Waals surface area contributed by atoms with E-state index in [4.69, 9.17) is 9.15 Å². The van der Waals surface area contributed by atoms with E-state index in [1.54, 1.807) is 18.2 Å². The van der Waals surface area contributed by atoms with E-state index in [1.165, 1.54) is 12.3 Å². The first-order valence-electron chi connectivity index (χ1n) is 8.34. The molecule has 0 atom stereocenters. The van der Waals surface area contributed by atoms with Crippen LogP contribution in [0.25, 0.3) is 11.5 Å². The largest absolute Gasteiger partial charge is 0.491 e. The lowest BCUT2D eigenvalue weighted by molar-refractivity contribution is 0.0949. The molecule has 1 aromatic carbocycles. The third-order valence-electron chi connectivity index (χ3n) is 3.69. The molecule has 0 spiro atoms. The second-order valence-corrected chi connectivity index (χ2v) is 6.09. The zero-order valence-corrected chi connectivity index (χ0v) is 14.6. The zero-order chi connectivity index (χ0) is 18.5. The summed E-state index contributed by atoms with van der Waals surface area (Å²) in [5.41, 5.74) is 1.03. The lowest BCUT2D eigenvalue weighted by Gasteiger charge is -2.10. The predicted octanol–water partition coefficient (Wildman–Crippen LogP) is 3.35. The molecule has 0 aliphatic heterocycles. The number of pyridine rings is 1. The van der Waals surface area contributed by atoms with Gasteiger partial charge in [-0.2, -0.15) is 0 Å². The Labute approximate surface area is 150 Å². The molecule has 26 heavy (non-hydrogen) atoms. The first kappa shape index (κ1) is 17.5. The standard InChI is InChI=1S/C20H20N2O4/c1-13(2)26-15-7-5-14(6-8-15)12-21-19(23)16-9-10-17(22-20(16)24)18-4-3-11-25-18/h3-11,13H,12H2,1-2H3,(H,21,23)(H,22,24). The van der Waals surface area contributed by atoms with E-state index in [0.29, 0.717) is 18.0 Å². The van der Waals surface area contributed by atoms with Crippen LogP contribution in [0.15, 0.2) is 64.0 Å². The molecule has 0 aliphatic rings. The van der Waals surface area contributed by atoms with Gasteiger partial charge < -0.3 is 19.5 Å². The second kappa shape index (κ2) is 7.74. The maximum Gasteiger partial charge on any atom is 0.261 e. The Bertz CT molecular complexity index is 925. The fourth-order valence-electron chi connectivity index (χ4n) is 2.46. The Morgan fingerprint density at radius 1 is 1.15 bits per heavy atom. The van der Waals surface area contributed by atoms with Crippen LogP contribution < -0.4 is 15.6 Å². The summed E-state index contributed by atoms with van der Waals surface area (Å²) < 4.78 is 10.8. The molecule has 1 amide bonds. The minimum atomic E-state index is -0.461. The van der Waals surface area contributed by atoms with Gasteiger partial charge in [0.15, 0.2) is 0 Å². The molecule has 3 aromatic rings. The van der Waals surface area contributed by atoms with Gasteiger partial charge in [0.05, 0.1) is 18.1 Å². The lowest BCUT2D eigenvalue weighted by atomic mass is 10.2. The average molecular weight is 352 g/mol. The van der Waals surface area contributed by atoms with Crippen LogP contribution in [0.2, 0.25) is 0 Å². The molecule has 0 fully saturated rings. The van der Waals surface area contributed by atoms with Crippen LogP contribution in [0.4, 0.5) is 0 Å². The van der Waals surface area contributed by atoms with E-state index < -0.39 is 11.5 Å². The topological polar surface area (TPSA) is 84.3 Å². The number of carbonyl (C=O) groups is 1. The van der Waals surface area contributed by atoms with E-state index in [-0.39, 0.29) is 11.7 Å². The van der Waals surface area contributed by atoms with Crippen molar-refractivity contribution >= 4 is 5.91 Å². The number of aromatic amines is 1. The second-order valence-electron chi connectivity index (χ2n) is 6.09. The van der Waals surface area contributed by atoms with Gasteiger partial charge in [-0.25, -0.2) is 0 Å². The van der Waals surface area contributed by atoms with Crippen LogP contribution in [0.5, 0.6) is 5.75 Å². The maximum atomic E-state index is 12.3. The molecule has 6 heteroatoms. The molecule has 2 heterocycles. The number of aromatic nitrogens is 1. The van der Waals surface area contributed by atoms with Gasteiger partial charge in [0.25, 0.3) is 11.5 Å². The van der Waals surface area contributed by atoms with Crippen LogP contribution in [0.3, 0.4) is 0 Å². The van der Waals surface area contributed by atoms with Crippen molar-refractivity contribution < 1.29 is 13.9 Å². The highest BCUT2D eigenvalue weighted by Gasteiger charge is 2.12. The molecule has 0 saturated carbocycles. The van der Waals surface area contributed by atoms with Gasteiger partial charge in [0.2, 0.25) is 0 Å². The van der Waals surface area contributed by atoms with E-state index >= 15 is 0 Å². The fraction of sp³-hybridized carbons (Fsp3) is 0.200. The summed E-state index contributed by atoms with van der Waals surface area (Å²) in [6.07, 6.45) is 1.63. The summed E-state index contributed by atoms with van der Waals surface area (Å²) in [5.74, 6) is 0.887. The first-order chi connectivity index (χ1) is 12.5. The number of hydrogen-bond acceptors (Lipinski definition) is 4. The quantitative estimate of drug-likeness (QED) is 0.712. The van der Waals surface area contributed by atoms with Crippen molar-refractivity contribution in [2.45, 2.75) is 26.5 Å². The van der Waals surface area contributed by atoms with Crippen LogP contribution in [-0.4, -0.2) is 17.0 Å². The number of amides is 1. The number of rotatable bonds is 6. The minimum Gasteiger partial charge on any atom is -0.491 e. The van der Waals surface area contributed by atoms with Gasteiger partial charge in [-0.15, -0.1) is 0 Å². The van der Waals surface area contributed by atoms with Gasteiger partial charge in [-0.3, -0.25) is 9.59 Å². The van der Waals surface area contributed by atoms with Crippen molar-refractivity contribution in [1.82, 2.24) is 10.3 Å². The van der Waals surface area contributed by atoms with Gasteiger partial charge in [0, 0.05) is 6.54 Å². The van der Waals surface area contributed by atoms with Crippen LogP contribution in [0, 0.1) is 0 Å². The number of H-pyrrole nitrogens is 1. The third-order valence-corrected chi connectivity index (χ3v) is 3.69. The Morgan fingerprint density at radius 2 is 1.92 bits per heavy atom. The predicted molar refractivity (Wildman–Crippen MR) is 98.1 cm³/mol. The monoisotopic (exact) mass is 352 g/mol. The summed E-state index contributed by atoms with van der Waals surface area (Å²) in [6.45, 7) is 4.24. The number of benzene rings is 1. The molecule has 3 rings (SSSR count). The molecule has 134 valence electrons. The molecular weight excluding hydrogens is 332 g/mol. The number of hydrogen-bond donors (Lipinski definition) is 2. The van der Waals surface area contributed by atoms with Gasteiger partial charge in [0.1, 0.15) is 17.1 Å². The van der Waals surface area contributed by atoms with Crippen molar-refractivity contribution in [3.63, 3.8) is 0 Å². The Balaban J connectivity index is 1.64. The van der Waals surface area contributed by atoms with E-state index in [0.717, 1.165) is 11.3 Å². The molecule has 0 bridgehead atoms. The highest BCUT2D eigenvalue weighted by atomic mass is 16.5. The Morgan fingerprint density at radius 3 is 2.54 bits per heavy atom. The highest BCUT2D eigenvalue weighted by Crippen LogP contribution is 2.16. The number of carbonyl (C=O) groups excluding carboxylic acids is 1. The van der Waals surface area contributed by atoms with Gasteiger partial charge in [-0.05, 0) is 55.8 Å². The van der Waals surface area contributed by atoms with Crippen LogP contribution >= 0.6 is 0 Å². The summed E-state index contributed by atoms with van der Waals surface area (Å²) in [6, 6.07) is 14.1.